The van der Waals surface area contributed by atoms with Gasteiger partial charge in [0.15, 0.2) is 11.8 Å². The van der Waals surface area contributed by atoms with Crippen LogP contribution in [0, 0.1) is 0 Å². The van der Waals surface area contributed by atoms with E-state index in [0.29, 0.717) is 18.7 Å². The molecule has 8 heteroatoms. The van der Waals surface area contributed by atoms with E-state index in [0.717, 1.165) is 34.8 Å². The summed E-state index contributed by atoms with van der Waals surface area (Å²) in [6.07, 6.45) is 3.27. The number of furan rings is 1. The molecule has 0 spiro atoms. The lowest BCUT2D eigenvalue weighted by Crippen LogP contribution is -3.07. The third-order valence-corrected chi connectivity index (χ3v) is 7.65. The molecule has 0 fully saturated rings. The van der Waals surface area contributed by atoms with Crippen LogP contribution in [0.15, 0.2) is 76.2 Å². The van der Waals surface area contributed by atoms with Crippen molar-refractivity contribution in [3.8, 4) is 0 Å². The molecule has 0 bridgehead atoms. The topological polar surface area (TPSA) is 84.1 Å². The minimum Gasteiger partial charge on any atom is -0.463 e. The van der Waals surface area contributed by atoms with Gasteiger partial charge >= 0.3 is 0 Å². The van der Waals surface area contributed by atoms with Crippen LogP contribution in [0.3, 0.4) is 0 Å². The summed E-state index contributed by atoms with van der Waals surface area (Å²) in [6.45, 7) is 0.849. The van der Waals surface area contributed by atoms with Gasteiger partial charge in [-0.3, -0.25) is 9.10 Å². The Hall–Kier alpha value is -3.10. The highest BCUT2D eigenvalue weighted by atomic mass is 32.2. The fraction of sp³-hybridized carbons (Fsp3) is 0.292. The molecular formula is C24H28N3O4S+. The zero-order valence-corrected chi connectivity index (χ0v) is 19.1. The number of sulfonamides is 1. The zero-order valence-electron chi connectivity index (χ0n) is 18.2. The molecule has 1 atom stereocenters. The van der Waals surface area contributed by atoms with Crippen molar-refractivity contribution in [3.05, 3.63) is 83.8 Å². The maximum Gasteiger partial charge on any atom is 0.264 e. The molecular weight excluding hydrogens is 426 g/mol. The predicted molar refractivity (Wildman–Crippen MR) is 122 cm³/mol. The van der Waals surface area contributed by atoms with Gasteiger partial charge in [-0.05, 0) is 60.9 Å². The first-order chi connectivity index (χ1) is 15.4. The predicted octanol–water partition coefficient (Wildman–Crippen LogP) is 2.04. The van der Waals surface area contributed by atoms with E-state index in [1.165, 1.54) is 16.4 Å². The summed E-state index contributed by atoms with van der Waals surface area (Å²) in [5.41, 5.74) is 2.18. The average molecular weight is 455 g/mol. The molecule has 168 valence electrons. The summed E-state index contributed by atoms with van der Waals surface area (Å²) in [5, 5.41) is 2.92. The Balaban J connectivity index is 1.48. The Labute approximate surface area is 188 Å². The van der Waals surface area contributed by atoms with Crippen LogP contribution in [0.1, 0.15) is 34.1 Å². The second kappa shape index (κ2) is 9.18. The number of likely N-dealkylation sites (N-methyl/N-ethyl adjacent to an activating group) is 1. The van der Waals surface area contributed by atoms with Crippen molar-refractivity contribution >= 4 is 21.6 Å². The lowest BCUT2D eigenvalue weighted by molar-refractivity contribution is -0.891. The first-order valence-corrected chi connectivity index (χ1v) is 12.1. The quantitative estimate of drug-likeness (QED) is 0.572. The third-order valence-electron chi connectivity index (χ3n) is 5.82. The molecule has 0 saturated heterocycles. The van der Waals surface area contributed by atoms with Gasteiger partial charge in [0.25, 0.3) is 15.9 Å². The fourth-order valence-electron chi connectivity index (χ4n) is 4.03. The molecule has 0 radical (unpaired) electrons. The molecule has 0 unspecified atom stereocenters. The second-order valence-electron chi connectivity index (χ2n) is 8.19. The number of para-hydroxylation sites is 1. The summed E-state index contributed by atoms with van der Waals surface area (Å²) in [7, 11) is 0.297. The number of anilines is 1. The van der Waals surface area contributed by atoms with E-state index in [2.05, 4.69) is 5.32 Å². The number of nitrogens with zero attached hydrogens (tertiary/aromatic N) is 1. The van der Waals surface area contributed by atoms with Gasteiger partial charge in [-0.2, -0.15) is 0 Å². The van der Waals surface area contributed by atoms with Crippen molar-refractivity contribution in [2.24, 2.45) is 0 Å². The van der Waals surface area contributed by atoms with Crippen molar-refractivity contribution in [3.63, 3.8) is 0 Å². The molecule has 1 aromatic heterocycles. The molecule has 7 nitrogen and oxygen atoms in total. The number of benzene rings is 2. The Morgan fingerprint density at radius 2 is 1.84 bits per heavy atom. The molecule has 4 rings (SSSR count). The average Bonchev–Trinajstić information content (AvgIpc) is 3.33. The van der Waals surface area contributed by atoms with Crippen molar-refractivity contribution in [2.75, 3.05) is 31.5 Å². The van der Waals surface area contributed by atoms with E-state index in [-0.39, 0.29) is 16.8 Å². The van der Waals surface area contributed by atoms with E-state index in [4.69, 9.17) is 4.42 Å². The highest BCUT2D eigenvalue weighted by Crippen LogP contribution is 2.31. The zero-order chi connectivity index (χ0) is 22.7. The summed E-state index contributed by atoms with van der Waals surface area (Å²) in [6, 6.07) is 17.4. The molecule has 2 heterocycles. The van der Waals surface area contributed by atoms with Crippen molar-refractivity contribution in [2.45, 2.75) is 23.8 Å². The van der Waals surface area contributed by atoms with Crippen molar-refractivity contribution in [1.82, 2.24) is 5.32 Å². The number of hydrogen-bond acceptors (Lipinski definition) is 4. The molecule has 1 aliphatic rings. The van der Waals surface area contributed by atoms with Gasteiger partial charge < -0.3 is 14.6 Å². The van der Waals surface area contributed by atoms with Gasteiger partial charge in [0.2, 0.25) is 0 Å². The molecule has 2 aromatic carbocycles. The van der Waals surface area contributed by atoms with Crippen LogP contribution in [0.2, 0.25) is 0 Å². The van der Waals surface area contributed by atoms with E-state index in [1.54, 1.807) is 18.4 Å². The highest BCUT2D eigenvalue weighted by Gasteiger charge is 2.29. The number of nitrogens with one attached hydrogen (secondary N) is 2. The molecule has 2 N–H and O–H groups in total. The standard InChI is InChI=1S/C24H27N3O4S/c1-26(2)22(23-10-6-16-31-23)17-25-24(28)19-11-13-20(14-12-19)32(29,30)27-15-5-8-18-7-3-4-9-21(18)27/h3-4,6-7,9-14,16,22H,5,8,15,17H2,1-2H3,(H,25,28)/p+1/t22-/m1/s1. The number of quaternary nitrogens is 1. The van der Waals surface area contributed by atoms with Crippen LogP contribution in [0.25, 0.3) is 0 Å². The maximum atomic E-state index is 13.3. The first kappa shape index (κ1) is 22.1. The van der Waals surface area contributed by atoms with Gasteiger partial charge in [-0.1, -0.05) is 18.2 Å². The van der Waals surface area contributed by atoms with Crippen LogP contribution in [0.5, 0.6) is 0 Å². The van der Waals surface area contributed by atoms with Gasteiger partial charge in [-0.25, -0.2) is 8.42 Å². The van der Waals surface area contributed by atoms with Crippen LogP contribution < -0.4 is 14.5 Å². The van der Waals surface area contributed by atoms with Gasteiger partial charge in [0.05, 0.1) is 37.5 Å². The lowest BCUT2D eigenvalue weighted by Gasteiger charge is -2.30. The van der Waals surface area contributed by atoms with E-state index >= 15 is 0 Å². The molecule has 3 aromatic rings. The number of rotatable bonds is 7. The number of hydrogen-bond donors (Lipinski definition) is 2. The molecule has 1 amide bonds. The summed E-state index contributed by atoms with van der Waals surface area (Å²) in [4.78, 5) is 14.0. The second-order valence-corrected chi connectivity index (χ2v) is 10.1. The van der Waals surface area contributed by atoms with Gasteiger partial charge in [0.1, 0.15) is 0 Å². The summed E-state index contributed by atoms with van der Waals surface area (Å²) < 4.78 is 33.5. The van der Waals surface area contributed by atoms with Gasteiger partial charge in [-0.15, -0.1) is 0 Å². The van der Waals surface area contributed by atoms with E-state index in [9.17, 15) is 13.2 Å². The third kappa shape index (κ3) is 4.42. The maximum absolute atomic E-state index is 13.3. The molecule has 0 saturated carbocycles. The largest absolute Gasteiger partial charge is 0.463 e. The van der Waals surface area contributed by atoms with E-state index in [1.807, 2.05) is 50.5 Å². The molecule has 0 aliphatic carbocycles. The minimum atomic E-state index is -3.70. The lowest BCUT2D eigenvalue weighted by atomic mass is 10.0. The van der Waals surface area contributed by atoms with E-state index < -0.39 is 10.0 Å². The first-order valence-electron chi connectivity index (χ1n) is 10.7. The van der Waals surface area contributed by atoms with Crippen molar-refractivity contribution < 1.29 is 22.5 Å². The smallest absolute Gasteiger partial charge is 0.264 e. The number of carbonyl (C=O) groups is 1. The van der Waals surface area contributed by atoms with Crippen LogP contribution in [-0.2, 0) is 16.4 Å². The summed E-state index contributed by atoms with van der Waals surface area (Å²) >= 11 is 0. The molecule has 32 heavy (non-hydrogen) atoms. The Bertz CT molecular complexity index is 1170. The highest BCUT2D eigenvalue weighted by molar-refractivity contribution is 7.92. The SMILES string of the molecule is C[NH+](C)[C@H](CNC(=O)c1ccc(S(=O)(=O)N2CCCc3ccccc32)cc1)c1ccco1. The minimum absolute atomic E-state index is 0.0206. The summed E-state index contributed by atoms with van der Waals surface area (Å²) in [5.74, 6) is 0.545. The molecule has 1 aliphatic heterocycles. The van der Waals surface area contributed by atoms with Gasteiger partial charge in [0, 0.05) is 12.1 Å². The normalized spacial score (nSPS) is 14.8. The number of carbonyl (C=O) groups excluding carboxylic acids is 1. The Kier molecular flexibility index (Phi) is 6.34. The van der Waals surface area contributed by atoms with Crippen LogP contribution in [0.4, 0.5) is 5.69 Å². The Morgan fingerprint density at radius 1 is 1.09 bits per heavy atom. The number of fused-ring (bicyclic) bond motifs is 1. The monoisotopic (exact) mass is 454 g/mol. The van der Waals surface area contributed by atoms with Crippen LogP contribution >= 0.6 is 0 Å². The number of aryl methyl sites for hydroxylation is 1. The fourth-order valence-corrected chi connectivity index (χ4v) is 5.57. The number of amides is 1. The Morgan fingerprint density at radius 3 is 2.53 bits per heavy atom. The van der Waals surface area contributed by atoms with Crippen molar-refractivity contribution in [1.29, 1.82) is 0 Å². The van der Waals surface area contributed by atoms with Crippen LogP contribution in [-0.4, -0.2) is 41.5 Å².